The molecule has 6 heteroatoms. The molecule has 0 bridgehead atoms. The Morgan fingerprint density at radius 2 is 2.00 bits per heavy atom. The quantitative estimate of drug-likeness (QED) is 0.849. The second-order valence-electron chi connectivity index (χ2n) is 4.92. The number of carbonyl (C=O) groups excluding carboxylic acids is 1. The van der Waals surface area contributed by atoms with Crippen LogP contribution in [0.15, 0.2) is 29.2 Å². The molecule has 1 N–H and O–H groups in total. The number of carbonyl (C=O) groups is 2. The van der Waals surface area contributed by atoms with Crippen molar-refractivity contribution in [3.63, 3.8) is 0 Å². The van der Waals surface area contributed by atoms with Gasteiger partial charge in [0.25, 0.3) is 0 Å². The highest BCUT2D eigenvalue weighted by Gasteiger charge is 2.34. The van der Waals surface area contributed by atoms with Crippen LogP contribution in [-0.2, 0) is 9.59 Å². The zero-order valence-corrected chi connectivity index (χ0v) is 12.7. The van der Waals surface area contributed by atoms with Crippen LogP contribution in [0.5, 0.6) is 0 Å². The molecule has 0 aromatic heterocycles. The molecule has 0 spiro atoms. The first-order valence-electron chi connectivity index (χ1n) is 6.38. The minimum absolute atomic E-state index is 0.0617. The van der Waals surface area contributed by atoms with Gasteiger partial charge >= 0.3 is 5.97 Å². The molecule has 0 saturated carbocycles. The Morgan fingerprint density at radius 3 is 2.55 bits per heavy atom. The SMILES string of the molecule is CC(Sc1ccc(Cl)cc1)C(=O)N1CC(CC(=O)O)C1. The van der Waals surface area contributed by atoms with Crippen LogP contribution < -0.4 is 0 Å². The van der Waals surface area contributed by atoms with E-state index in [0.29, 0.717) is 18.1 Å². The van der Waals surface area contributed by atoms with Crippen molar-refractivity contribution in [1.82, 2.24) is 4.90 Å². The number of likely N-dealkylation sites (tertiary alicyclic amines) is 1. The van der Waals surface area contributed by atoms with Crippen LogP contribution in [-0.4, -0.2) is 40.2 Å². The third-order valence-corrected chi connectivity index (χ3v) is 4.56. The topological polar surface area (TPSA) is 57.6 Å². The third-order valence-electron chi connectivity index (χ3n) is 3.21. The molecule has 4 nitrogen and oxygen atoms in total. The molecule has 108 valence electrons. The number of halogens is 1. The number of hydrogen-bond donors (Lipinski definition) is 1. The minimum atomic E-state index is -0.800. The first-order chi connectivity index (χ1) is 9.45. The fourth-order valence-electron chi connectivity index (χ4n) is 2.15. The van der Waals surface area contributed by atoms with E-state index >= 15 is 0 Å². The van der Waals surface area contributed by atoms with Crippen molar-refractivity contribution in [2.24, 2.45) is 5.92 Å². The number of hydrogen-bond acceptors (Lipinski definition) is 3. The maximum Gasteiger partial charge on any atom is 0.303 e. The number of carboxylic acids is 1. The van der Waals surface area contributed by atoms with Crippen LogP contribution in [0.4, 0.5) is 0 Å². The van der Waals surface area contributed by atoms with E-state index in [9.17, 15) is 9.59 Å². The second kappa shape index (κ2) is 6.50. The smallest absolute Gasteiger partial charge is 0.303 e. The standard InChI is InChI=1S/C14H16ClNO3S/c1-9(20-12-4-2-11(15)3-5-12)14(19)16-7-10(8-16)6-13(17)18/h2-5,9-10H,6-8H2,1H3,(H,17,18). The van der Waals surface area contributed by atoms with E-state index in [2.05, 4.69) is 0 Å². The van der Waals surface area contributed by atoms with E-state index < -0.39 is 5.97 Å². The molecule has 1 heterocycles. The predicted octanol–water partition coefficient (Wildman–Crippen LogP) is 2.75. The van der Waals surface area contributed by atoms with Crippen molar-refractivity contribution >= 4 is 35.2 Å². The lowest BCUT2D eigenvalue weighted by atomic mass is 9.96. The number of thioether (sulfide) groups is 1. The number of carboxylic acid groups (broad SMARTS) is 1. The molecule has 1 aromatic carbocycles. The third kappa shape index (κ3) is 3.90. The Labute approximate surface area is 127 Å². The molecule has 1 unspecified atom stereocenters. The van der Waals surface area contributed by atoms with Gasteiger partial charge in [-0.05, 0) is 31.2 Å². The molecular weight excluding hydrogens is 298 g/mol. The Kier molecular flexibility index (Phi) is 4.94. The van der Waals surface area contributed by atoms with Crippen LogP contribution in [0.25, 0.3) is 0 Å². The van der Waals surface area contributed by atoms with Crippen LogP contribution in [0.3, 0.4) is 0 Å². The Balaban J connectivity index is 1.81. The van der Waals surface area contributed by atoms with Gasteiger partial charge in [-0.2, -0.15) is 0 Å². The molecular formula is C14H16ClNO3S. The lowest BCUT2D eigenvalue weighted by Gasteiger charge is -2.39. The summed E-state index contributed by atoms with van der Waals surface area (Å²) < 4.78 is 0. The summed E-state index contributed by atoms with van der Waals surface area (Å²) in [4.78, 5) is 25.4. The minimum Gasteiger partial charge on any atom is -0.481 e. The van der Waals surface area contributed by atoms with Gasteiger partial charge in [-0.3, -0.25) is 9.59 Å². The van der Waals surface area contributed by atoms with Crippen LogP contribution in [0.1, 0.15) is 13.3 Å². The molecule has 1 saturated heterocycles. The molecule has 0 radical (unpaired) electrons. The highest BCUT2D eigenvalue weighted by molar-refractivity contribution is 8.00. The highest BCUT2D eigenvalue weighted by atomic mass is 35.5. The van der Waals surface area contributed by atoms with E-state index in [1.54, 1.807) is 17.0 Å². The summed E-state index contributed by atoms with van der Waals surface area (Å²) in [7, 11) is 0. The average Bonchev–Trinajstić information content (AvgIpc) is 2.35. The van der Waals surface area contributed by atoms with Crippen molar-refractivity contribution < 1.29 is 14.7 Å². The largest absolute Gasteiger partial charge is 0.481 e. The number of amides is 1. The van der Waals surface area contributed by atoms with Crippen molar-refractivity contribution in [2.45, 2.75) is 23.5 Å². The summed E-state index contributed by atoms with van der Waals surface area (Å²) in [5.41, 5.74) is 0. The highest BCUT2D eigenvalue weighted by Crippen LogP contribution is 2.28. The molecule has 20 heavy (non-hydrogen) atoms. The van der Waals surface area contributed by atoms with Crippen molar-refractivity contribution in [3.8, 4) is 0 Å². The number of rotatable bonds is 5. The van der Waals surface area contributed by atoms with E-state index in [-0.39, 0.29) is 23.5 Å². The van der Waals surface area contributed by atoms with Crippen LogP contribution in [0.2, 0.25) is 5.02 Å². The fraction of sp³-hybridized carbons (Fsp3) is 0.429. The van der Waals surface area contributed by atoms with Gasteiger partial charge in [-0.15, -0.1) is 11.8 Å². The molecule has 0 aliphatic carbocycles. The van der Waals surface area contributed by atoms with Gasteiger partial charge in [0.1, 0.15) is 0 Å². The summed E-state index contributed by atoms with van der Waals surface area (Å²) >= 11 is 7.30. The Hall–Kier alpha value is -1.20. The van der Waals surface area contributed by atoms with Gasteiger partial charge in [-0.1, -0.05) is 11.6 Å². The number of aliphatic carboxylic acids is 1. The normalized spacial score (nSPS) is 16.6. The maximum absolute atomic E-state index is 12.2. The average molecular weight is 314 g/mol. The second-order valence-corrected chi connectivity index (χ2v) is 6.77. The van der Waals surface area contributed by atoms with Crippen molar-refractivity contribution in [3.05, 3.63) is 29.3 Å². The van der Waals surface area contributed by atoms with Gasteiger partial charge in [0.05, 0.1) is 11.7 Å². The number of benzene rings is 1. The summed E-state index contributed by atoms with van der Waals surface area (Å²) in [6.45, 7) is 2.97. The molecule has 1 aliphatic heterocycles. The Bertz CT molecular complexity index is 500. The van der Waals surface area contributed by atoms with E-state index in [4.69, 9.17) is 16.7 Å². The molecule has 1 fully saturated rings. The van der Waals surface area contributed by atoms with Gasteiger partial charge in [0, 0.05) is 28.9 Å². The zero-order valence-electron chi connectivity index (χ0n) is 11.1. The van der Waals surface area contributed by atoms with Crippen molar-refractivity contribution in [2.75, 3.05) is 13.1 Å². The lowest BCUT2D eigenvalue weighted by molar-refractivity contribution is -0.144. The Morgan fingerprint density at radius 1 is 1.40 bits per heavy atom. The molecule has 2 rings (SSSR count). The summed E-state index contributed by atoms with van der Waals surface area (Å²) in [5.74, 6) is -0.638. The van der Waals surface area contributed by atoms with Gasteiger partial charge in [0.2, 0.25) is 5.91 Å². The monoisotopic (exact) mass is 313 g/mol. The lowest BCUT2D eigenvalue weighted by Crippen LogP contribution is -2.52. The first kappa shape index (κ1) is 15.2. The fourth-order valence-corrected chi connectivity index (χ4v) is 3.23. The summed E-state index contributed by atoms with van der Waals surface area (Å²) in [5, 5.41) is 9.18. The van der Waals surface area contributed by atoms with E-state index in [1.807, 2.05) is 19.1 Å². The van der Waals surface area contributed by atoms with E-state index in [1.165, 1.54) is 11.8 Å². The predicted molar refractivity (Wildman–Crippen MR) is 79.1 cm³/mol. The molecule has 1 amide bonds. The molecule has 1 aromatic rings. The summed E-state index contributed by atoms with van der Waals surface area (Å²) in [6, 6.07) is 7.38. The van der Waals surface area contributed by atoms with Crippen LogP contribution >= 0.6 is 23.4 Å². The summed E-state index contributed by atoms with van der Waals surface area (Å²) in [6.07, 6.45) is 0.141. The van der Waals surface area contributed by atoms with E-state index in [0.717, 1.165) is 4.90 Å². The van der Waals surface area contributed by atoms with Gasteiger partial charge in [0.15, 0.2) is 0 Å². The number of nitrogens with zero attached hydrogens (tertiary/aromatic N) is 1. The molecule has 1 atom stereocenters. The zero-order chi connectivity index (χ0) is 14.7. The molecule has 1 aliphatic rings. The van der Waals surface area contributed by atoms with Gasteiger partial charge in [-0.25, -0.2) is 0 Å². The first-order valence-corrected chi connectivity index (χ1v) is 7.64. The van der Waals surface area contributed by atoms with Gasteiger partial charge < -0.3 is 10.0 Å². The maximum atomic E-state index is 12.2. The van der Waals surface area contributed by atoms with Crippen molar-refractivity contribution in [1.29, 1.82) is 0 Å². The van der Waals surface area contributed by atoms with Crippen LogP contribution in [0, 0.1) is 5.92 Å².